The molecule has 0 saturated heterocycles. The van der Waals surface area contributed by atoms with Crippen molar-refractivity contribution >= 4 is 5.97 Å². The van der Waals surface area contributed by atoms with Crippen molar-refractivity contribution < 1.29 is 9.90 Å². The molecule has 3 N–H and O–H groups in total. The summed E-state index contributed by atoms with van der Waals surface area (Å²) in [5.74, 6) is -0.884. The Kier molecular flexibility index (Phi) is 1.83. The Bertz CT molecular complexity index is 232. The molecule has 0 aromatic heterocycles. The molecule has 0 amide bonds. The number of aliphatic carboxylic acids is 1. The fraction of sp³-hybridized carbons (Fsp3) is 0.375. The summed E-state index contributed by atoms with van der Waals surface area (Å²) in [7, 11) is 0. The van der Waals surface area contributed by atoms with Gasteiger partial charge in [-0.15, -0.1) is 0 Å². The summed E-state index contributed by atoms with van der Waals surface area (Å²) >= 11 is 0. The van der Waals surface area contributed by atoms with Gasteiger partial charge in [-0.1, -0.05) is 24.3 Å². The van der Waals surface area contributed by atoms with Crippen LogP contribution in [0.1, 0.15) is 6.92 Å². The van der Waals surface area contributed by atoms with E-state index >= 15 is 0 Å². The molecule has 0 spiro atoms. The zero-order valence-corrected chi connectivity index (χ0v) is 6.32. The first-order chi connectivity index (χ1) is 5.07. The molecule has 0 radical (unpaired) electrons. The molecule has 2 unspecified atom stereocenters. The Morgan fingerprint density at radius 3 is 2.64 bits per heavy atom. The van der Waals surface area contributed by atoms with Crippen LogP contribution < -0.4 is 5.73 Å². The van der Waals surface area contributed by atoms with Gasteiger partial charge in [0.15, 0.2) is 0 Å². The first-order valence-corrected chi connectivity index (χ1v) is 3.42. The van der Waals surface area contributed by atoms with E-state index in [0.29, 0.717) is 0 Å². The predicted molar refractivity (Wildman–Crippen MR) is 42.0 cm³/mol. The second kappa shape index (κ2) is 2.51. The summed E-state index contributed by atoms with van der Waals surface area (Å²) in [5.41, 5.74) is 4.66. The van der Waals surface area contributed by atoms with Crippen molar-refractivity contribution in [3.63, 3.8) is 0 Å². The number of hydrogen-bond donors (Lipinski definition) is 2. The summed E-state index contributed by atoms with van der Waals surface area (Å²) in [6.45, 7) is 1.61. The molecule has 3 nitrogen and oxygen atoms in total. The predicted octanol–water partition coefficient (Wildman–Crippen LogP) is 0.531. The van der Waals surface area contributed by atoms with Crippen molar-refractivity contribution in [1.82, 2.24) is 0 Å². The Hall–Kier alpha value is -1.09. The Balaban J connectivity index is 2.94. The molecule has 1 rings (SSSR count). The van der Waals surface area contributed by atoms with Crippen LogP contribution in [0.5, 0.6) is 0 Å². The standard InChI is InChI=1S/C8H11NO2/c1-8(7(10)11)5-3-2-4-6(8)9/h2-6H,9H2,1H3,(H,10,11). The fourth-order valence-corrected chi connectivity index (χ4v) is 0.964. The zero-order chi connectivity index (χ0) is 8.48. The van der Waals surface area contributed by atoms with Crippen LogP contribution in [0.2, 0.25) is 0 Å². The van der Waals surface area contributed by atoms with Gasteiger partial charge in [-0.05, 0) is 6.92 Å². The van der Waals surface area contributed by atoms with E-state index < -0.39 is 17.4 Å². The Morgan fingerprint density at radius 2 is 2.27 bits per heavy atom. The van der Waals surface area contributed by atoms with Gasteiger partial charge in [-0.2, -0.15) is 0 Å². The number of allylic oxidation sites excluding steroid dienone is 2. The molecule has 0 bridgehead atoms. The quantitative estimate of drug-likeness (QED) is 0.577. The summed E-state index contributed by atoms with van der Waals surface area (Å²) in [5, 5.41) is 8.80. The lowest BCUT2D eigenvalue weighted by molar-refractivity contribution is -0.145. The number of rotatable bonds is 1. The van der Waals surface area contributed by atoms with Gasteiger partial charge in [-0.25, -0.2) is 0 Å². The molecule has 1 aliphatic carbocycles. The minimum absolute atomic E-state index is 0.426. The van der Waals surface area contributed by atoms with Gasteiger partial charge >= 0.3 is 5.97 Å². The second-order valence-electron chi connectivity index (χ2n) is 2.86. The third kappa shape index (κ3) is 1.19. The van der Waals surface area contributed by atoms with E-state index in [1.807, 2.05) is 0 Å². The van der Waals surface area contributed by atoms with E-state index in [9.17, 15) is 4.79 Å². The van der Waals surface area contributed by atoms with Gasteiger partial charge in [0.25, 0.3) is 0 Å². The summed E-state index contributed by atoms with van der Waals surface area (Å²) in [4.78, 5) is 10.7. The van der Waals surface area contributed by atoms with Crippen molar-refractivity contribution in [3.05, 3.63) is 24.3 Å². The maximum atomic E-state index is 10.7. The highest BCUT2D eigenvalue weighted by atomic mass is 16.4. The molecule has 0 heterocycles. The number of carbonyl (C=O) groups is 1. The first kappa shape index (κ1) is 8.01. The van der Waals surface area contributed by atoms with Crippen molar-refractivity contribution in [2.24, 2.45) is 11.1 Å². The van der Waals surface area contributed by atoms with Crippen LogP contribution in [0.15, 0.2) is 24.3 Å². The van der Waals surface area contributed by atoms with Crippen LogP contribution in [0.3, 0.4) is 0 Å². The number of carboxylic acids is 1. The molecule has 0 aliphatic heterocycles. The number of carboxylic acid groups (broad SMARTS) is 1. The van der Waals surface area contributed by atoms with E-state index in [2.05, 4.69) is 0 Å². The van der Waals surface area contributed by atoms with E-state index in [0.717, 1.165) is 0 Å². The highest BCUT2D eigenvalue weighted by Gasteiger charge is 2.36. The third-order valence-electron chi connectivity index (χ3n) is 2.03. The summed E-state index contributed by atoms with van der Waals surface area (Å²) < 4.78 is 0. The summed E-state index contributed by atoms with van der Waals surface area (Å²) in [6.07, 6.45) is 6.76. The molecule has 11 heavy (non-hydrogen) atoms. The molecule has 0 fully saturated rings. The molecule has 2 atom stereocenters. The average molecular weight is 153 g/mol. The minimum atomic E-state index is -0.936. The van der Waals surface area contributed by atoms with Gasteiger partial charge in [0.1, 0.15) is 5.41 Å². The van der Waals surface area contributed by atoms with Crippen LogP contribution in [0.4, 0.5) is 0 Å². The van der Waals surface area contributed by atoms with Crippen LogP contribution >= 0.6 is 0 Å². The topological polar surface area (TPSA) is 63.3 Å². The van der Waals surface area contributed by atoms with Crippen molar-refractivity contribution in [1.29, 1.82) is 0 Å². The highest BCUT2D eigenvalue weighted by Crippen LogP contribution is 2.25. The largest absolute Gasteiger partial charge is 0.481 e. The van der Waals surface area contributed by atoms with Gasteiger partial charge in [0.2, 0.25) is 0 Å². The van der Waals surface area contributed by atoms with E-state index in [4.69, 9.17) is 10.8 Å². The Labute approximate surface area is 65.2 Å². The normalized spacial score (nSPS) is 35.6. The highest BCUT2D eigenvalue weighted by molar-refractivity contribution is 5.78. The van der Waals surface area contributed by atoms with E-state index in [1.54, 1.807) is 31.2 Å². The molecule has 3 heteroatoms. The third-order valence-corrected chi connectivity index (χ3v) is 2.03. The summed E-state index contributed by atoms with van der Waals surface area (Å²) in [6, 6.07) is -0.426. The van der Waals surface area contributed by atoms with E-state index in [-0.39, 0.29) is 0 Å². The van der Waals surface area contributed by atoms with Crippen LogP contribution in [-0.4, -0.2) is 17.1 Å². The van der Waals surface area contributed by atoms with Gasteiger partial charge in [0.05, 0.1) is 0 Å². The van der Waals surface area contributed by atoms with Crippen LogP contribution in [-0.2, 0) is 4.79 Å². The number of hydrogen-bond acceptors (Lipinski definition) is 2. The second-order valence-corrected chi connectivity index (χ2v) is 2.86. The Morgan fingerprint density at radius 1 is 1.64 bits per heavy atom. The molecule has 60 valence electrons. The van der Waals surface area contributed by atoms with Gasteiger partial charge in [0, 0.05) is 6.04 Å². The van der Waals surface area contributed by atoms with Crippen molar-refractivity contribution in [2.75, 3.05) is 0 Å². The van der Waals surface area contributed by atoms with Crippen LogP contribution in [0.25, 0.3) is 0 Å². The number of nitrogens with two attached hydrogens (primary N) is 1. The monoisotopic (exact) mass is 153 g/mol. The van der Waals surface area contributed by atoms with Gasteiger partial charge in [-0.3, -0.25) is 4.79 Å². The maximum Gasteiger partial charge on any atom is 0.315 e. The first-order valence-electron chi connectivity index (χ1n) is 3.42. The zero-order valence-electron chi connectivity index (χ0n) is 6.32. The maximum absolute atomic E-state index is 10.7. The SMILES string of the molecule is CC1(C(=O)O)C=CC=CC1N. The average Bonchev–Trinajstić information content (AvgIpc) is 1.95. The van der Waals surface area contributed by atoms with Crippen LogP contribution in [0, 0.1) is 5.41 Å². The molecule has 0 aromatic carbocycles. The molecule has 0 aromatic rings. The molecular weight excluding hydrogens is 142 g/mol. The fourth-order valence-electron chi connectivity index (χ4n) is 0.964. The van der Waals surface area contributed by atoms with Gasteiger partial charge < -0.3 is 10.8 Å². The minimum Gasteiger partial charge on any atom is -0.481 e. The molecule has 1 aliphatic rings. The van der Waals surface area contributed by atoms with Crippen molar-refractivity contribution in [2.45, 2.75) is 13.0 Å². The molecular formula is C8H11NO2. The molecule has 0 saturated carbocycles. The lowest BCUT2D eigenvalue weighted by Crippen LogP contribution is -2.43. The lowest BCUT2D eigenvalue weighted by atomic mass is 9.80. The van der Waals surface area contributed by atoms with E-state index in [1.165, 1.54) is 0 Å². The lowest BCUT2D eigenvalue weighted by Gasteiger charge is -2.27. The van der Waals surface area contributed by atoms with Crippen molar-refractivity contribution in [3.8, 4) is 0 Å². The smallest absolute Gasteiger partial charge is 0.315 e.